The molecule has 0 aliphatic carbocycles. The van der Waals surface area contributed by atoms with Crippen LogP contribution in [0.25, 0.3) is 0 Å². The Balaban J connectivity index is 2.82. The highest BCUT2D eigenvalue weighted by Gasteiger charge is 1.85. The van der Waals surface area contributed by atoms with Crippen molar-refractivity contribution in [2.24, 2.45) is 0 Å². The minimum absolute atomic E-state index is 0.0729. The Labute approximate surface area is 43.8 Å². The van der Waals surface area contributed by atoms with E-state index in [1.807, 2.05) is 0 Å². The maximum absolute atomic E-state index is 9.70. The monoisotopic (exact) mass is 125 g/mol. The first-order chi connectivity index (χ1) is 3.27. The fraction of sp³-hybridized carbons (Fsp3) is 1.00. The Bertz CT molecular complexity index is 66.0. The van der Waals surface area contributed by atoms with Crippen LogP contribution in [0.3, 0.4) is 0 Å². The fourth-order valence-electron chi connectivity index (χ4n) is 0.133. The summed E-state index contributed by atoms with van der Waals surface area (Å²) < 4.78 is 17.7. The van der Waals surface area contributed by atoms with Crippen LogP contribution in [-0.4, -0.2) is 26.5 Å². The van der Waals surface area contributed by atoms with Gasteiger partial charge in [0.25, 0.3) is 0 Å². The zero-order valence-electron chi connectivity index (χ0n) is 3.63. The molecule has 0 heterocycles. The van der Waals surface area contributed by atoms with Crippen molar-refractivity contribution in [3.63, 3.8) is 0 Å². The number of nitrogens with one attached hydrogen (secondary N) is 1. The molecule has 7 heavy (non-hydrogen) atoms. The van der Waals surface area contributed by atoms with Gasteiger partial charge in [-0.25, -0.2) is 4.21 Å². The topological polar surface area (TPSA) is 69.6 Å². The number of rotatable bonds is 3. The third-order valence-electron chi connectivity index (χ3n) is 0.337. The second-order valence-corrected chi connectivity index (χ2v) is 1.81. The van der Waals surface area contributed by atoms with E-state index in [-0.39, 0.29) is 12.6 Å². The van der Waals surface area contributed by atoms with E-state index in [1.165, 1.54) is 0 Å². The lowest BCUT2D eigenvalue weighted by atomic mass is 11.2. The summed E-state index contributed by atoms with van der Waals surface area (Å²) >= 11 is -1.84. The summed E-state index contributed by atoms with van der Waals surface area (Å²) in [7, 11) is 0. The van der Waals surface area contributed by atoms with Gasteiger partial charge >= 0.3 is 0 Å². The smallest absolute Gasteiger partial charge is 0.167 e. The molecule has 5 heteroatoms. The van der Waals surface area contributed by atoms with Crippen molar-refractivity contribution >= 4 is 11.1 Å². The molecule has 1 atom stereocenters. The molecule has 0 aromatic heterocycles. The molecule has 0 aliphatic heterocycles. The summed E-state index contributed by atoms with van der Waals surface area (Å²) in [6, 6.07) is 0. The first-order valence-electron chi connectivity index (χ1n) is 1.66. The van der Waals surface area contributed by atoms with Crippen LogP contribution in [0, 0.1) is 0 Å². The summed E-state index contributed by atoms with van der Waals surface area (Å²) in [6.07, 6.45) is 0. The van der Waals surface area contributed by atoms with Crippen LogP contribution < -0.4 is 5.32 Å². The minimum atomic E-state index is -1.84. The molecule has 0 saturated carbocycles. The molecule has 4 nitrogen and oxygen atoms in total. The highest BCUT2D eigenvalue weighted by molar-refractivity contribution is 7.79. The Morgan fingerprint density at radius 3 is 2.43 bits per heavy atom. The molecule has 0 aromatic rings. The normalized spacial score (nSPS) is 14.0. The summed E-state index contributed by atoms with van der Waals surface area (Å²) in [4.78, 5) is 0. The van der Waals surface area contributed by atoms with Crippen molar-refractivity contribution in [1.29, 1.82) is 0 Å². The van der Waals surface area contributed by atoms with Gasteiger partial charge in [-0.2, -0.15) is 0 Å². The largest absolute Gasteiger partial charge is 0.381 e. The van der Waals surface area contributed by atoms with Gasteiger partial charge in [0.15, 0.2) is 11.1 Å². The summed E-state index contributed by atoms with van der Waals surface area (Å²) in [5.41, 5.74) is 0. The van der Waals surface area contributed by atoms with Crippen LogP contribution in [0.5, 0.6) is 0 Å². The van der Waals surface area contributed by atoms with E-state index in [0.717, 1.165) is 0 Å². The minimum Gasteiger partial charge on any atom is -0.381 e. The molecule has 0 fully saturated rings. The van der Waals surface area contributed by atoms with Gasteiger partial charge in [0.2, 0.25) is 0 Å². The number of aliphatic hydroxyl groups excluding tert-OH is 1. The average molecular weight is 125 g/mol. The second kappa shape index (κ2) is 4.20. The Morgan fingerprint density at radius 2 is 2.29 bits per heavy atom. The van der Waals surface area contributed by atoms with Gasteiger partial charge in [-0.3, -0.25) is 5.32 Å². The molecule has 0 aromatic carbocycles. The average Bonchev–Trinajstić information content (AvgIpc) is 1.61. The van der Waals surface area contributed by atoms with Crippen molar-refractivity contribution < 1.29 is 13.9 Å². The quantitative estimate of drug-likeness (QED) is 0.324. The van der Waals surface area contributed by atoms with Crippen molar-refractivity contribution in [3.8, 4) is 0 Å². The van der Waals surface area contributed by atoms with E-state index in [9.17, 15) is 4.21 Å². The van der Waals surface area contributed by atoms with E-state index in [1.54, 1.807) is 0 Å². The lowest BCUT2D eigenvalue weighted by molar-refractivity contribution is 0.269. The SMILES string of the molecule is O=S(O)CNCO. The van der Waals surface area contributed by atoms with Gasteiger partial charge in [-0.1, -0.05) is 0 Å². The first-order valence-corrected chi connectivity index (χ1v) is 2.94. The zero-order valence-corrected chi connectivity index (χ0v) is 4.44. The van der Waals surface area contributed by atoms with Gasteiger partial charge in [0.05, 0.1) is 6.73 Å². The van der Waals surface area contributed by atoms with Crippen LogP contribution in [-0.2, 0) is 11.1 Å². The van der Waals surface area contributed by atoms with Crippen LogP contribution >= 0.6 is 0 Å². The molecular formula is C2H7NO3S. The third-order valence-corrected chi connectivity index (χ3v) is 0.788. The summed E-state index contributed by atoms with van der Waals surface area (Å²) in [5, 5.41) is 10.2. The van der Waals surface area contributed by atoms with Gasteiger partial charge in [-0.05, 0) is 0 Å². The predicted octanol–water partition coefficient (Wildman–Crippen LogP) is -1.29. The highest BCUT2D eigenvalue weighted by Crippen LogP contribution is 1.62. The summed E-state index contributed by atoms with van der Waals surface area (Å²) in [5.74, 6) is -0.0729. The van der Waals surface area contributed by atoms with E-state index in [2.05, 4.69) is 5.32 Å². The Hall–Kier alpha value is 0.0300. The molecule has 0 saturated heterocycles. The van der Waals surface area contributed by atoms with Crippen molar-refractivity contribution in [2.75, 3.05) is 12.6 Å². The molecule has 0 bridgehead atoms. The van der Waals surface area contributed by atoms with Crippen molar-refractivity contribution in [1.82, 2.24) is 5.32 Å². The molecule has 0 spiro atoms. The zero-order chi connectivity index (χ0) is 5.70. The first kappa shape index (κ1) is 7.03. The molecular weight excluding hydrogens is 118 g/mol. The van der Waals surface area contributed by atoms with E-state index < -0.39 is 11.1 Å². The molecule has 1 unspecified atom stereocenters. The van der Waals surface area contributed by atoms with Gasteiger partial charge in [0.1, 0.15) is 5.88 Å². The maximum atomic E-state index is 9.70. The molecule has 0 radical (unpaired) electrons. The standard InChI is InChI=1S/C2H7NO3S/c4-1-3-2-7(5)6/h3-4H,1-2H2,(H,5,6). The van der Waals surface area contributed by atoms with E-state index >= 15 is 0 Å². The van der Waals surface area contributed by atoms with Gasteiger partial charge < -0.3 is 9.66 Å². The summed E-state index contributed by atoms with van der Waals surface area (Å²) in [6.45, 7) is -0.258. The maximum Gasteiger partial charge on any atom is 0.167 e. The second-order valence-electron chi connectivity index (χ2n) is 0.874. The fourth-order valence-corrected chi connectivity index (χ4v) is 0.399. The van der Waals surface area contributed by atoms with E-state index in [4.69, 9.17) is 9.66 Å². The molecule has 0 rings (SSSR count). The van der Waals surface area contributed by atoms with Crippen LogP contribution in [0.2, 0.25) is 0 Å². The molecule has 44 valence electrons. The lowest BCUT2D eigenvalue weighted by Crippen LogP contribution is -2.19. The third kappa shape index (κ3) is 6.03. The van der Waals surface area contributed by atoms with Crippen molar-refractivity contribution in [2.45, 2.75) is 0 Å². The predicted molar refractivity (Wildman–Crippen MR) is 25.9 cm³/mol. The van der Waals surface area contributed by atoms with Crippen molar-refractivity contribution in [3.05, 3.63) is 0 Å². The molecule has 3 N–H and O–H groups in total. The number of hydrogen-bond donors (Lipinski definition) is 3. The molecule has 0 amide bonds. The Kier molecular flexibility index (Phi) is 4.21. The lowest BCUT2D eigenvalue weighted by Gasteiger charge is -1.90. The van der Waals surface area contributed by atoms with Gasteiger partial charge in [0, 0.05) is 0 Å². The molecule has 0 aliphatic rings. The van der Waals surface area contributed by atoms with Crippen LogP contribution in [0.15, 0.2) is 0 Å². The Morgan fingerprint density at radius 1 is 1.71 bits per heavy atom. The van der Waals surface area contributed by atoms with E-state index in [0.29, 0.717) is 0 Å². The highest BCUT2D eigenvalue weighted by atomic mass is 32.2. The van der Waals surface area contributed by atoms with Crippen LogP contribution in [0.4, 0.5) is 0 Å². The van der Waals surface area contributed by atoms with Crippen LogP contribution in [0.1, 0.15) is 0 Å². The number of hydrogen-bond acceptors (Lipinski definition) is 3. The number of aliphatic hydroxyl groups is 1. The van der Waals surface area contributed by atoms with Gasteiger partial charge in [-0.15, -0.1) is 0 Å².